The van der Waals surface area contributed by atoms with E-state index in [1.165, 1.54) is 0 Å². The zero-order valence-electron chi connectivity index (χ0n) is 11.7. The van der Waals surface area contributed by atoms with Crippen molar-refractivity contribution in [1.29, 1.82) is 0 Å². The van der Waals surface area contributed by atoms with Gasteiger partial charge in [0.1, 0.15) is 0 Å². The van der Waals surface area contributed by atoms with E-state index in [9.17, 15) is 75.4 Å². The summed E-state index contributed by atoms with van der Waals surface area (Å²) in [5.41, 5.74) is 0. The molecular formula is C10H2F15O2. The molecule has 0 unspecified atom stereocenters. The van der Waals surface area contributed by atoms with Crippen molar-refractivity contribution in [3.63, 3.8) is 0 Å². The number of carbonyl (C=O) groups excluding carboxylic acids is 2. The lowest BCUT2D eigenvalue weighted by Gasteiger charge is -2.41. The van der Waals surface area contributed by atoms with Gasteiger partial charge in [-0.1, -0.05) is 0 Å². The van der Waals surface area contributed by atoms with Gasteiger partial charge in [0, 0.05) is 0 Å². The van der Waals surface area contributed by atoms with Crippen LogP contribution in [0.1, 0.15) is 6.42 Å². The topological polar surface area (TPSA) is 34.1 Å². The van der Waals surface area contributed by atoms with Gasteiger partial charge in [0.15, 0.2) is 0 Å². The van der Waals surface area contributed by atoms with E-state index in [0.717, 1.165) is 0 Å². The average molecular weight is 439 g/mol. The predicted molar refractivity (Wildman–Crippen MR) is 51.1 cm³/mol. The second kappa shape index (κ2) is 6.42. The van der Waals surface area contributed by atoms with Crippen LogP contribution in [-0.2, 0) is 9.59 Å². The van der Waals surface area contributed by atoms with E-state index in [2.05, 4.69) is 0 Å². The molecule has 0 heterocycles. The summed E-state index contributed by atoms with van der Waals surface area (Å²) in [6.45, 7) is 0. The van der Waals surface area contributed by atoms with Crippen molar-refractivity contribution in [2.75, 3.05) is 0 Å². The summed E-state index contributed by atoms with van der Waals surface area (Å²) in [5.74, 6) is -51.8. The molecule has 0 atom stereocenters. The zero-order chi connectivity index (χ0) is 22.5. The number of Topliss-reactive ketones (excluding diaryl/α,β-unsaturated/α-hetero) is 1. The van der Waals surface area contributed by atoms with Gasteiger partial charge in [-0.2, -0.15) is 65.9 Å². The van der Waals surface area contributed by atoms with E-state index in [4.69, 9.17) is 0 Å². The summed E-state index contributed by atoms with van der Waals surface area (Å²) in [7, 11) is 0. The van der Waals surface area contributed by atoms with Gasteiger partial charge in [-0.25, -0.2) is 0 Å². The minimum atomic E-state index is -8.46. The van der Waals surface area contributed by atoms with Crippen molar-refractivity contribution in [1.82, 2.24) is 0 Å². The molecule has 0 bridgehead atoms. The normalized spacial score (nSPS) is 15.7. The molecule has 0 saturated carbocycles. The Kier molecular flexibility index (Phi) is 6.02. The summed E-state index contributed by atoms with van der Waals surface area (Å²) in [5, 5.41) is 0. The highest BCUT2D eigenvalue weighted by Crippen LogP contribution is 2.62. The van der Waals surface area contributed by atoms with Gasteiger partial charge in [-0.05, 0) is 0 Å². The molecule has 2 nitrogen and oxygen atoms in total. The lowest BCUT2D eigenvalue weighted by Crippen LogP contribution is -2.73. The summed E-state index contributed by atoms with van der Waals surface area (Å²) in [6.07, 6.45) is -10.0. The molecule has 0 aromatic heterocycles. The van der Waals surface area contributed by atoms with E-state index in [0.29, 0.717) is 0 Å². The summed E-state index contributed by atoms with van der Waals surface area (Å²) in [6, 6.07) is 0. The Hall–Kier alpha value is -1.71. The predicted octanol–water partition coefficient (Wildman–Crippen LogP) is 4.43. The Morgan fingerprint density at radius 2 is 0.852 bits per heavy atom. The van der Waals surface area contributed by atoms with Crippen molar-refractivity contribution >= 4 is 12.1 Å². The standard InChI is InChI=1S/C10H2F15O2/c11-4(12,3(27)1-2-26)5(13,14)6(15,16)7(17,18)8(19,20)9(21,22)10(23,24)25/h1H2. The highest BCUT2D eigenvalue weighted by molar-refractivity contribution is 5.95. The Bertz CT molecular complexity index is 588. The van der Waals surface area contributed by atoms with E-state index < -0.39 is 53.9 Å². The SMILES string of the molecule is O=[C]CC(=O)C(F)(F)C(F)(F)C(F)(F)C(F)(F)C(F)(F)C(F)(F)C(F)(F)F. The van der Waals surface area contributed by atoms with Crippen LogP contribution in [0.2, 0.25) is 0 Å². The fourth-order valence-electron chi connectivity index (χ4n) is 1.32. The highest BCUT2D eigenvalue weighted by atomic mass is 19.4. The maximum atomic E-state index is 13.1. The Labute approximate surface area is 137 Å². The van der Waals surface area contributed by atoms with Gasteiger partial charge in [0.25, 0.3) is 0 Å². The van der Waals surface area contributed by atoms with Crippen LogP contribution in [0.4, 0.5) is 65.9 Å². The monoisotopic (exact) mass is 439 g/mol. The largest absolute Gasteiger partial charge is 0.460 e. The fourth-order valence-corrected chi connectivity index (χ4v) is 1.32. The van der Waals surface area contributed by atoms with E-state index in [1.54, 1.807) is 0 Å². The van der Waals surface area contributed by atoms with Crippen LogP contribution in [0.3, 0.4) is 0 Å². The van der Waals surface area contributed by atoms with Crippen molar-refractivity contribution < 1.29 is 75.4 Å². The molecule has 1 radical (unpaired) electrons. The molecule has 0 aliphatic carbocycles. The molecule has 17 heteroatoms. The van der Waals surface area contributed by atoms with Gasteiger partial charge < -0.3 is 0 Å². The molecule has 0 aromatic rings. The summed E-state index contributed by atoms with van der Waals surface area (Å²) in [4.78, 5) is 20.1. The number of halogens is 15. The molecule has 159 valence electrons. The first kappa shape index (κ1) is 25.3. The first-order valence-corrected chi connectivity index (χ1v) is 5.70. The lowest BCUT2D eigenvalue weighted by molar-refractivity contribution is -0.449. The first-order valence-electron chi connectivity index (χ1n) is 5.70. The van der Waals surface area contributed by atoms with Crippen LogP contribution in [0.15, 0.2) is 0 Å². The third-order valence-electron chi connectivity index (χ3n) is 2.91. The third kappa shape index (κ3) is 3.21. The number of alkyl halides is 15. The number of hydrogen-bond acceptors (Lipinski definition) is 2. The number of carbonyl (C=O) groups is 1. The molecule has 0 fully saturated rings. The van der Waals surface area contributed by atoms with E-state index in [-0.39, 0.29) is 6.29 Å². The summed E-state index contributed by atoms with van der Waals surface area (Å²) >= 11 is 0. The minimum absolute atomic E-state index is 0.148. The second-order valence-corrected chi connectivity index (χ2v) is 4.69. The molecule has 0 aromatic carbocycles. The van der Waals surface area contributed by atoms with Crippen LogP contribution in [-0.4, -0.2) is 53.8 Å². The van der Waals surface area contributed by atoms with Crippen LogP contribution in [0.25, 0.3) is 0 Å². The third-order valence-corrected chi connectivity index (χ3v) is 2.91. The minimum Gasteiger partial charge on any atom is -0.292 e. The lowest BCUT2D eigenvalue weighted by atomic mass is 9.89. The van der Waals surface area contributed by atoms with Gasteiger partial charge in [0.2, 0.25) is 12.1 Å². The van der Waals surface area contributed by atoms with Gasteiger partial charge in [-0.15, -0.1) is 0 Å². The molecule has 27 heavy (non-hydrogen) atoms. The second-order valence-electron chi connectivity index (χ2n) is 4.69. The highest BCUT2D eigenvalue weighted by Gasteiger charge is 2.93. The number of ketones is 1. The fraction of sp³-hybridized carbons (Fsp3) is 0.800. The molecular weight excluding hydrogens is 437 g/mol. The average Bonchev–Trinajstić information content (AvgIpc) is 2.45. The Morgan fingerprint density at radius 1 is 0.556 bits per heavy atom. The smallest absolute Gasteiger partial charge is 0.292 e. The van der Waals surface area contributed by atoms with Crippen molar-refractivity contribution in [3.8, 4) is 0 Å². The van der Waals surface area contributed by atoms with Crippen molar-refractivity contribution in [2.45, 2.75) is 48.1 Å². The van der Waals surface area contributed by atoms with Gasteiger partial charge >= 0.3 is 41.7 Å². The Balaban J connectivity index is 6.55. The molecule has 0 aliphatic heterocycles. The molecule has 0 aliphatic rings. The van der Waals surface area contributed by atoms with Crippen LogP contribution >= 0.6 is 0 Å². The number of hydrogen-bond donors (Lipinski definition) is 0. The zero-order valence-corrected chi connectivity index (χ0v) is 11.7. The van der Waals surface area contributed by atoms with E-state index >= 15 is 0 Å². The molecule has 0 rings (SSSR count). The van der Waals surface area contributed by atoms with Gasteiger partial charge in [-0.3, -0.25) is 9.59 Å². The molecule has 0 saturated heterocycles. The maximum Gasteiger partial charge on any atom is 0.460 e. The molecule has 0 amide bonds. The van der Waals surface area contributed by atoms with Crippen LogP contribution in [0.5, 0.6) is 0 Å². The molecule has 0 N–H and O–H groups in total. The number of rotatable bonds is 8. The first-order chi connectivity index (χ1) is 11.5. The van der Waals surface area contributed by atoms with Gasteiger partial charge in [0.05, 0.1) is 6.42 Å². The van der Waals surface area contributed by atoms with E-state index in [1.807, 2.05) is 0 Å². The van der Waals surface area contributed by atoms with Crippen molar-refractivity contribution in [3.05, 3.63) is 0 Å². The quantitative estimate of drug-likeness (QED) is 0.415. The van der Waals surface area contributed by atoms with Crippen molar-refractivity contribution in [2.24, 2.45) is 0 Å². The maximum absolute atomic E-state index is 13.1. The van der Waals surface area contributed by atoms with Crippen LogP contribution < -0.4 is 0 Å². The molecule has 0 spiro atoms. The Morgan fingerprint density at radius 3 is 1.15 bits per heavy atom. The summed E-state index contributed by atoms with van der Waals surface area (Å²) < 4.78 is 190. The van der Waals surface area contributed by atoms with Crippen LogP contribution in [0, 0.1) is 0 Å².